The van der Waals surface area contributed by atoms with Crippen molar-refractivity contribution in [1.82, 2.24) is 0 Å². The van der Waals surface area contributed by atoms with Crippen LogP contribution in [0.5, 0.6) is 0 Å². The number of carbonyl (C=O) groups is 1. The van der Waals surface area contributed by atoms with Crippen LogP contribution >= 0.6 is 11.8 Å². The Balaban J connectivity index is 1.86. The molecule has 0 radical (unpaired) electrons. The van der Waals surface area contributed by atoms with Crippen molar-refractivity contribution in [2.75, 3.05) is 5.32 Å². The summed E-state index contributed by atoms with van der Waals surface area (Å²) in [6, 6.07) is 6.73. The summed E-state index contributed by atoms with van der Waals surface area (Å²) in [6.45, 7) is 1.94. The molecule has 1 aliphatic carbocycles. The highest BCUT2D eigenvalue weighted by molar-refractivity contribution is 8.00. The zero-order valence-electron chi connectivity index (χ0n) is 9.77. The number of nitrogens with one attached hydrogen (secondary N) is 1. The Morgan fingerprint density at radius 1 is 1.41 bits per heavy atom. The van der Waals surface area contributed by atoms with E-state index < -0.39 is 0 Å². The molecule has 1 unspecified atom stereocenters. The highest BCUT2D eigenvalue weighted by atomic mass is 32.2. The minimum atomic E-state index is 0.00129. The van der Waals surface area contributed by atoms with Gasteiger partial charge in [-0.25, -0.2) is 0 Å². The molecule has 90 valence electrons. The molecule has 3 rings (SSSR count). The first-order chi connectivity index (χ1) is 8.13. The van der Waals surface area contributed by atoms with E-state index in [4.69, 9.17) is 5.73 Å². The van der Waals surface area contributed by atoms with Gasteiger partial charge < -0.3 is 11.1 Å². The Bertz CT molecular complexity index is 468. The third kappa shape index (κ3) is 1.96. The van der Waals surface area contributed by atoms with Crippen molar-refractivity contribution in [2.45, 2.75) is 41.9 Å². The van der Waals surface area contributed by atoms with Crippen LogP contribution < -0.4 is 11.1 Å². The largest absolute Gasteiger partial charge is 0.328 e. The summed E-state index contributed by atoms with van der Waals surface area (Å²) in [6.07, 6.45) is 2.18. The molecule has 1 amide bonds. The van der Waals surface area contributed by atoms with E-state index >= 15 is 0 Å². The van der Waals surface area contributed by atoms with Gasteiger partial charge in [-0.1, -0.05) is 6.07 Å². The lowest BCUT2D eigenvalue weighted by atomic mass is 9.76. The van der Waals surface area contributed by atoms with Crippen molar-refractivity contribution >= 4 is 23.4 Å². The van der Waals surface area contributed by atoms with E-state index in [1.165, 1.54) is 10.5 Å². The Morgan fingerprint density at radius 3 is 2.88 bits per heavy atom. The fourth-order valence-electron chi connectivity index (χ4n) is 2.41. The van der Waals surface area contributed by atoms with E-state index in [0.29, 0.717) is 12.0 Å². The van der Waals surface area contributed by atoms with Crippen LogP contribution in [0.2, 0.25) is 0 Å². The van der Waals surface area contributed by atoms with Crippen molar-refractivity contribution in [3.63, 3.8) is 0 Å². The minimum Gasteiger partial charge on any atom is -0.328 e. The third-order valence-corrected chi connectivity index (χ3v) is 4.74. The highest BCUT2D eigenvalue weighted by Crippen LogP contribution is 2.41. The second kappa shape index (κ2) is 4.03. The molecule has 1 saturated carbocycles. The molecule has 0 aromatic heterocycles. The van der Waals surface area contributed by atoms with Gasteiger partial charge in [-0.15, -0.1) is 11.8 Å². The molecule has 1 fully saturated rings. The Labute approximate surface area is 105 Å². The van der Waals surface area contributed by atoms with Crippen LogP contribution in [0.15, 0.2) is 23.1 Å². The molecule has 1 heterocycles. The van der Waals surface area contributed by atoms with Gasteiger partial charge in [0.05, 0.1) is 10.9 Å². The SMILES string of the molecule is CC1Sc2cc(C3CC(N)C3)ccc2NC1=O. The second-order valence-electron chi connectivity index (χ2n) is 4.93. The molecule has 1 aromatic carbocycles. The standard InChI is InChI=1S/C13H16N2OS/c1-7-13(16)15-11-3-2-8(6-12(11)17-7)9-4-10(14)5-9/h2-3,6-7,9-10H,4-5,14H2,1H3,(H,15,16). The molecule has 0 bridgehead atoms. The molecule has 17 heavy (non-hydrogen) atoms. The van der Waals surface area contributed by atoms with Gasteiger partial charge in [-0.3, -0.25) is 4.79 Å². The van der Waals surface area contributed by atoms with Gasteiger partial charge in [0.2, 0.25) is 5.91 Å². The predicted octanol–water partition coefficient (Wildman–Crippen LogP) is 2.32. The lowest BCUT2D eigenvalue weighted by molar-refractivity contribution is -0.115. The lowest BCUT2D eigenvalue weighted by Crippen LogP contribution is -2.34. The zero-order valence-corrected chi connectivity index (χ0v) is 10.6. The minimum absolute atomic E-state index is 0.00129. The number of hydrogen-bond donors (Lipinski definition) is 2. The topological polar surface area (TPSA) is 55.1 Å². The van der Waals surface area contributed by atoms with Gasteiger partial charge in [0.15, 0.2) is 0 Å². The number of anilines is 1. The number of benzene rings is 1. The highest BCUT2D eigenvalue weighted by Gasteiger charge is 2.29. The van der Waals surface area contributed by atoms with Crippen molar-refractivity contribution in [3.05, 3.63) is 23.8 Å². The number of fused-ring (bicyclic) bond motifs is 1. The van der Waals surface area contributed by atoms with Gasteiger partial charge in [0.1, 0.15) is 0 Å². The maximum Gasteiger partial charge on any atom is 0.237 e. The van der Waals surface area contributed by atoms with Crippen molar-refractivity contribution in [2.24, 2.45) is 5.73 Å². The van der Waals surface area contributed by atoms with Crippen LogP contribution in [-0.4, -0.2) is 17.2 Å². The van der Waals surface area contributed by atoms with E-state index in [1.807, 2.05) is 13.0 Å². The summed E-state index contributed by atoms with van der Waals surface area (Å²) in [7, 11) is 0. The van der Waals surface area contributed by atoms with Crippen LogP contribution in [0.25, 0.3) is 0 Å². The van der Waals surface area contributed by atoms with E-state index in [2.05, 4.69) is 17.4 Å². The normalized spacial score (nSPS) is 31.4. The molecule has 1 aromatic rings. The first-order valence-electron chi connectivity index (χ1n) is 6.00. The molecule has 1 aliphatic heterocycles. The van der Waals surface area contributed by atoms with E-state index in [9.17, 15) is 4.79 Å². The van der Waals surface area contributed by atoms with Crippen LogP contribution in [-0.2, 0) is 4.79 Å². The number of nitrogens with two attached hydrogens (primary N) is 1. The van der Waals surface area contributed by atoms with Crippen molar-refractivity contribution in [3.8, 4) is 0 Å². The van der Waals surface area contributed by atoms with Gasteiger partial charge in [0.25, 0.3) is 0 Å². The van der Waals surface area contributed by atoms with Crippen LogP contribution in [0.3, 0.4) is 0 Å². The molecule has 0 spiro atoms. The van der Waals surface area contributed by atoms with Gasteiger partial charge >= 0.3 is 0 Å². The molecule has 3 N–H and O–H groups in total. The fourth-order valence-corrected chi connectivity index (χ4v) is 3.40. The number of carbonyl (C=O) groups excluding carboxylic acids is 1. The van der Waals surface area contributed by atoms with E-state index in [-0.39, 0.29) is 11.2 Å². The zero-order chi connectivity index (χ0) is 12.0. The average molecular weight is 248 g/mol. The van der Waals surface area contributed by atoms with Crippen molar-refractivity contribution in [1.29, 1.82) is 0 Å². The molecule has 1 atom stereocenters. The molecular formula is C13H16N2OS. The Kier molecular flexibility index (Phi) is 2.64. The third-order valence-electron chi connectivity index (χ3n) is 3.58. The van der Waals surface area contributed by atoms with Crippen LogP contribution in [0, 0.1) is 0 Å². The van der Waals surface area contributed by atoms with E-state index in [0.717, 1.165) is 18.5 Å². The summed E-state index contributed by atoms with van der Waals surface area (Å²) in [5.74, 6) is 0.713. The molecular weight excluding hydrogens is 232 g/mol. The molecule has 4 heteroatoms. The maximum atomic E-state index is 11.5. The molecule has 0 saturated heterocycles. The number of hydrogen-bond acceptors (Lipinski definition) is 3. The Morgan fingerprint density at radius 2 is 2.18 bits per heavy atom. The first-order valence-corrected chi connectivity index (χ1v) is 6.88. The quantitative estimate of drug-likeness (QED) is 0.802. The predicted molar refractivity (Wildman–Crippen MR) is 70.3 cm³/mol. The summed E-state index contributed by atoms with van der Waals surface area (Å²) < 4.78 is 0. The van der Waals surface area contributed by atoms with Gasteiger partial charge in [-0.05, 0) is 43.4 Å². The number of thioether (sulfide) groups is 1. The van der Waals surface area contributed by atoms with Gasteiger partial charge in [0, 0.05) is 10.9 Å². The average Bonchev–Trinajstić information content (AvgIpc) is 2.26. The summed E-state index contributed by atoms with van der Waals surface area (Å²) in [4.78, 5) is 12.7. The number of amides is 1. The lowest BCUT2D eigenvalue weighted by Gasteiger charge is -2.33. The van der Waals surface area contributed by atoms with Gasteiger partial charge in [-0.2, -0.15) is 0 Å². The Hall–Kier alpha value is -1.00. The summed E-state index contributed by atoms with van der Waals surface area (Å²) in [5.41, 5.74) is 8.13. The molecule has 2 aliphatic rings. The van der Waals surface area contributed by atoms with E-state index in [1.54, 1.807) is 11.8 Å². The monoisotopic (exact) mass is 248 g/mol. The smallest absolute Gasteiger partial charge is 0.237 e. The van der Waals surface area contributed by atoms with Crippen LogP contribution in [0.4, 0.5) is 5.69 Å². The fraction of sp³-hybridized carbons (Fsp3) is 0.462. The van der Waals surface area contributed by atoms with Crippen LogP contribution in [0.1, 0.15) is 31.2 Å². The summed E-state index contributed by atoms with van der Waals surface area (Å²) in [5, 5.41) is 2.94. The second-order valence-corrected chi connectivity index (χ2v) is 6.32. The van der Waals surface area contributed by atoms with Crippen molar-refractivity contribution < 1.29 is 4.79 Å². The first kappa shape index (κ1) is 11.1. The number of rotatable bonds is 1. The maximum absolute atomic E-state index is 11.5. The summed E-state index contributed by atoms with van der Waals surface area (Å²) >= 11 is 1.64. The molecule has 3 nitrogen and oxygen atoms in total.